The smallest absolute Gasteiger partial charge is 0.282 e. The third kappa shape index (κ3) is 2.03. The monoisotopic (exact) mass is 279 g/mol. The van der Waals surface area contributed by atoms with Crippen molar-refractivity contribution in [2.75, 3.05) is 19.6 Å². The molecule has 1 amide bonds. The summed E-state index contributed by atoms with van der Waals surface area (Å²) in [5.41, 5.74) is -0.506. The fraction of sp³-hybridized carbons (Fsp3) is 0.462. The maximum atomic E-state index is 13.3. The largest absolute Gasteiger partial charge is 0.334 e. The van der Waals surface area contributed by atoms with E-state index in [2.05, 4.69) is 5.32 Å². The molecular formula is C13H14FN3O3. The van der Waals surface area contributed by atoms with E-state index in [-0.39, 0.29) is 17.3 Å². The van der Waals surface area contributed by atoms with Gasteiger partial charge >= 0.3 is 0 Å². The summed E-state index contributed by atoms with van der Waals surface area (Å²) in [5, 5.41) is 14.2. The van der Waals surface area contributed by atoms with Crippen LogP contribution in [-0.2, 0) is 0 Å². The molecule has 3 rings (SSSR count). The molecule has 0 bridgehead atoms. The molecule has 0 unspecified atom stereocenters. The van der Waals surface area contributed by atoms with Gasteiger partial charge in [0, 0.05) is 31.7 Å². The molecule has 2 saturated heterocycles. The summed E-state index contributed by atoms with van der Waals surface area (Å²) < 4.78 is 13.3. The van der Waals surface area contributed by atoms with Gasteiger partial charge in [0.25, 0.3) is 11.6 Å². The minimum absolute atomic E-state index is 0.0605. The standard InChI is InChI=1S/C13H14FN3O3/c14-9-1-2-11(17(19)20)10(5-9)13(18)16-4-3-8-6-15-7-12(8)16/h1-2,5,8,12,15H,3-4,6-7H2/t8-,12+/m0/s1. The van der Waals surface area contributed by atoms with Gasteiger partial charge in [-0.15, -0.1) is 0 Å². The SMILES string of the molecule is O=C(c1cc(F)ccc1[N+](=O)[O-])N1CC[C@H]2CNC[C@H]21. The van der Waals surface area contributed by atoms with Crippen LogP contribution in [0.4, 0.5) is 10.1 Å². The summed E-state index contributed by atoms with van der Waals surface area (Å²) in [6.07, 6.45) is 0.881. The van der Waals surface area contributed by atoms with Crippen LogP contribution in [0.3, 0.4) is 0 Å². The number of nitrogens with one attached hydrogen (secondary N) is 1. The number of rotatable bonds is 2. The maximum absolute atomic E-state index is 13.3. The van der Waals surface area contributed by atoms with Crippen LogP contribution >= 0.6 is 0 Å². The lowest BCUT2D eigenvalue weighted by Crippen LogP contribution is -2.39. The third-order valence-electron chi connectivity index (χ3n) is 4.09. The minimum Gasteiger partial charge on any atom is -0.334 e. The Morgan fingerprint density at radius 3 is 3.00 bits per heavy atom. The highest BCUT2D eigenvalue weighted by molar-refractivity contribution is 5.98. The molecule has 6 nitrogen and oxygen atoms in total. The van der Waals surface area contributed by atoms with Crippen LogP contribution in [0.5, 0.6) is 0 Å². The Morgan fingerprint density at radius 1 is 1.45 bits per heavy atom. The van der Waals surface area contributed by atoms with Crippen LogP contribution in [0.2, 0.25) is 0 Å². The fourth-order valence-electron chi connectivity index (χ4n) is 3.09. The van der Waals surface area contributed by atoms with Crippen molar-refractivity contribution in [2.45, 2.75) is 12.5 Å². The number of hydrogen-bond donors (Lipinski definition) is 1. The molecule has 2 heterocycles. The van der Waals surface area contributed by atoms with E-state index in [1.54, 1.807) is 4.90 Å². The highest BCUT2D eigenvalue weighted by Crippen LogP contribution is 2.30. The first-order valence-corrected chi connectivity index (χ1v) is 6.53. The van der Waals surface area contributed by atoms with Crippen molar-refractivity contribution in [3.8, 4) is 0 Å². The van der Waals surface area contributed by atoms with E-state index in [1.807, 2.05) is 0 Å². The number of carbonyl (C=O) groups excluding carboxylic acids is 1. The Labute approximate surface area is 114 Å². The molecule has 106 valence electrons. The lowest BCUT2D eigenvalue weighted by atomic mass is 10.0. The number of halogens is 1. The molecule has 2 aliphatic rings. The van der Waals surface area contributed by atoms with Crippen molar-refractivity contribution in [1.82, 2.24) is 10.2 Å². The van der Waals surface area contributed by atoms with Gasteiger partial charge in [-0.25, -0.2) is 4.39 Å². The second-order valence-corrected chi connectivity index (χ2v) is 5.19. The van der Waals surface area contributed by atoms with Crippen molar-refractivity contribution in [2.24, 2.45) is 5.92 Å². The first-order valence-electron chi connectivity index (χ1n) is 6.53. The zero-order valence-electron chi connectivity index (χ0n) is 10.7. The Morgan fingerprint density at radius 2 is 2.25 bits per heavy atom. The fourth-order valence-corrected chi connectivity index (χ4v) is 3.09. The Bertz CT molecular complexity index is 578. The topological polar surface area (TPSA) is 75.5 Å². The van der Waals surface area contributed by atoms with E-state index in [0.717, 1.165) is 31.2 Å². The first-order chi connectivity index (χ1) is 9.58. The molecular weight excluding hydrogens is 265 g/mol. The Balaban J connectivity index is 1.94. The van der Waals surface area contributed by atoms with Gasteiger partial charge < -0.3 is 10.2 Å². The molecule has 1 N–H and O–H groups in total. The number of likely N-dealkylation sites (tertiary alicyclic amines) is 1. The van der Waals surface area contributed by atoms with Crippen LogP contribution in [0.1, 0.15) is 16.8 Å². The van der Waals surface area contributed by atoms with Gasteiger partial charge in [-0.2, -0.15) is 0 Å². The van der Waals surface area contributed by atoms with E-state index in [1.165, 1.54) is 0 Å². The first kappa shape index (κ1) is 13.0. The number of fused-ring (bicyclic) bond motifs is 1. The number of nitro benzene ring substituents is 1. The second kappa shape index (κ2) is 4.82. The van der Waals surface area contributed by atoms with E-state index < -0.39 is 16.6 Å². The molecule has 2 atom stereocenters. The van der Waals surface area contributed by atoms with Gasteiger partial charge in [0.05, 0.1) is 4.92 Å². The van der Waals surface area contributed by atoms with E-state index in [9.17, 15) is 19.3 Å². The summed E-state index contributed by atoms with van der Waals surface area (Å²) in [5.74, 6) is -0.696. The minimum atomic E-state index is -0.646. The lowest BCUT2D eigenvalue weighted by molar-refractivity contribution is -0.385. The molecule has 20 heavy (non-hydrogen) atoms. The van der Waals surface area contributed by atoms with Gasteiger partial charge in [-0.3, -0.25) is 14.9 Å². The summed E-state index contributed by atoms with van der Waals surface area (Å²) >= 11 is 0. The van der Waals surface area contributed by atoms with E-state index in [0.29, 0.717) is 19.0 Å². The van der Waals surface area contributed by atoms with Gasteiger partial charge in [-0.05, 0) is 24.5 Å². The van der Waals surface area contributed by atoms with Crippen LogP contribution in [0.15, 0.2) is 18.2 Å². The summed E-state index contributed by atoms with van der Waals surface area (Å²) in [6, 6.07) is 3.06. The zero-order valence-corrected chi connectivity index (χ0v) is 10.7. The highest BCUT2D eigenvalue weighted by atomic mass is 19.1. The molecule has 0 aromatic heterocycles. The van der Waals surface area contributed by atoms with Crippen LogP contribution in [0, 0.1) is 21.8 Å². The maximum Gasteiger partial charge on any atom is 0.282 e. The number of nitrogens with zero attached hydrogens (tertiary/aromatic N) is 2. The molecule has 0 radical (unpaired) electrons. The molecule has 1 aromatic rings. The average Bonchev–Trinajstić information content (AvgIpc) is 2.99. The Hall–Kier alpha value is -2.02. The van der Waals surface area contributed by atoms with Crippen molar-refractivity contribution in [3.63, 3.8) is 0 Å². The number of amides is 1. The lowest BCUT2D eigenvalue weighted by Gasteiger charge is -2.23. The number of nitro groups is 1. The normalized spacial score (nSPS) is 24.8. The van der Waals surface area contributed by atoms with E-state index >= 15 is 0 Å². The second-order valence-electron chi connectivity index (χ2n) is 5.19. The van der Waals surface area contributed by atoms with Crippen molar-refractivity contribution < 1.29 is 14.1 Å². The highest BCUT2D eigenvalue weighted by Gasteiger charge is 2.41. The van der Waals surface area contributed by atoms with Gasteiger partial charge in [0.2, 0.25) is 0 Å². The summed E-state index contributed by atoms with van der Waals surface area (Å²) in [7, 11) is 0. The average molecular weight is 279 g/mol. The summed E-state index contributed by atoms with van der Waals surface area (Å²) in [6.45, 7) is 2.13. The van der Waals surface area contributed by atoms with Crippen molar-refractivity contribution in [1.29, 1.82) is 0 Å². The van der Waals surface area contributed by atoms with Gasteiger partial charge in [0.1, 0.15) is 11.4 Å². The number of hydrogen-bond acceptors (Lipinski definition) is 4. The number of carbonyl (C=O) groups is 1. The predicted octanol–water partition coefficient (Wildman–Crippen LogP) is 1.17. The molecule has 0 aliphatic carbocycles. The van der Waals surface area contributed by atoms with Gasteiger partial charge in [0.15, 0.2) is 0 Å². The Kier molecular flexibility index (Phi) is 3.13. The molecule has 2 fully saturated rings. The molecule has 0 spiro atoms. The third-order valence-corrected chi connectivity index (χ3v) is 4.09. The van der Waals surface area contributed by atoms with Crippen LogP contribution in [0.25, 0.3) is 0 Å². The number of benzene rings is 1. The van der Waals surface area contributed by atoms with Crippen molar-refractivity contribution >= 4 is 11.6 Å². The molecule has 7 heteroatoms. The quantitative estimate of drug-likeness (QED) is 0.651. The molecule has 2 aliphatic heterocycles. The van der Waals surface area contributed by atoms with Crippen LogP contribution in [-0.4, -0.2) is 41.4 Å². The molecule has 0 saturated carbocycles. The molecule has 1 aromatic carbocycles. The summed E-state index contributed by atoms with van der Waals surface area (Å²) in [4.78, 5) is 24.5. The van der Waals surface area contributed by atoms with E-state index in [4.69, 9.17) is 0 Å². The van der Waals surface area contributed by atoms with Crippen LogP contribution < -0.4 is 5.32 Å². The van der Waals surface area contributed by atoms with Crippen molar-refractivity contribution in [3.05, 3.63) is 39.7 Å². The zero-order chi connectivity index (χ0) is 14.3. The van der Waals surface area contributed by atoms with Gasteiger partial charge in [-0.1, -0.05) is 0 Å². The predicted molar refractivity (Wildman–Crippen MR) is 68.9 cm³/mol.